The Balaban J connectivity index is 0.942. The lowest BCUT2D eigenvalue weighted by Gasteiger charge is -2.75. The van der Waals surface area contributed by atoms with Crippen LogP contribution in [-0.4, -0.2) is 71.6 Å². The van der Waals surface area contributed by atoms with Gasteiger partial charge in [-0.05, 0) is 181 Å². The SMILES string of the molecule is CC(C)N(C(C)C)P(OCCC#N)O[C@@H]1C[C@@H](C)N(C(=O)CCCCCNC(=O)O[C@H]2CCC3[C@](C)(CC[C@H]4[C@@]3(C)CC[C@@]3(C)[C@@H]5CC(C)(C)CC[C@]5(C)CC[C@]43C)[C@H]2C)C1. The standard InChI is InChI=1S/C51H89N4O5P/c1-35(2)55(36(3)4)61(58-31-17-29-52)60-39-32-37(5)54(34-39)44(56)18-15-14-16-30-53-45(57)59-40-19-20-41-48(10,38(40)6)22-21-42-49(41,11)26-28-51(13)43-33-46(7,8)23-24-47(43,9)25-27-50(42,51)12/h35-43H,14-28,30-34H2,1-13H3,(H,53,57)/t37-,38+,39-,40+,41?,42+,43-,47-,48-,49+,50-,51+,61?/m1/s1. The summed E-state index contributed by atoms with van der Waals surface area (Å²) >= 11 is 0. The van der Waals surface area contributed by atoms with Crippen molar-refractivity contribution in [2.75, 3.05) is 19.7 Å². The van der Waals surface area contributed by atoms with E-state index in [0.717, 1.165) is 50.4 Å². The highest BCUT2D eigenvalue weighted by atomic mass is 31.2. The van der Waals surface area contributed by atoms with Crippen LogP contribution in [0.25, 0.3) is 0 Å². The van der Waals surface area contributed by atoms with E-state index in [0.29, 0.717) is 71.4 Å². The van der Waals surface area contributed by atoms with Gasteiger partial charge in [-0.15, -0.1) is 0 Å². The Hall–Kier alpha value is -1.46. The minimum atomic E-state index is -1.34. The van der Waals surface area contributed by atoms with Gasteiger partial charge in [-0.1, -0.05) is 61.8 Å². The summed E-state index contributed by atoms with van der Waals surface area (Å²) in [5.41, 5.74) is 2.27. The van der Waals surface area contributed by atoms with Crippen molar-refractivity contribution in [3.8, 4) is 6.07 Å². The van der Waals surface area contributed by atoms with Crippen molar-refractivity contribution in [2.45, 2.75) is 229 Å². The Morgan fingerprint density at radius 3 is 2.18 bits per heavy atom. The number of alkyl carbamates (subject to hydrolysis) is 1. The Morgan fingerprint density at radius 2 is 1.49 bits per heavy atom. The maximum absolute atomic E-state index is 13.3. The number of unbranched alkanes of at least 4 members (excludes halogenated alkanes) is 2. The zero-order valence-electron chi connectivity index (χ0n) is 41.2. The van der Waals surface area contributed by atoms with Crippen molar-refractivity contribution in [1.82, 2.24) is 14.9 Å². The third-order valence-corrected chi connectivity index (χ3v) is 21.4. The summed E-state index contributed by atoms with van der Waals surface area (Å²) in [6.07, 6.45) is 18.1. The highest BCUT2D eigenvalue weighted by Gasteiger charge is 2.71. The third-order valence-electron chi connectivity index (χ3n) is 19.3. The zero-order valence-corrected chi connectivity index (χ0v) is 42.1. The highest BCUT2D eigenvalue weighted by molar-refractivity contribution is 7.44. The topological polar surface area (TPSA) is 104 Å². The number of rotatable bonds is 15. The molecule has 10 heteroatoms. The van der Waals surface area contributed by atoms with Gasteiger partial charge in [-0.25, -0.2) is 9.46 Å². The number of fused-ring (bicyclic) bond motifs is 7. The first-order chi connectivity index (χ1) is 28.5. The van der Waals surface area contributed by atoms with Gasteiger partial charge in [-0.2, -0.15) is 5.26 Å². The monoisotopic (exact) mass is 869 g/mol. The maximum atomic E-state index is 13.3. The van der Waals surface area contributed by atoms with E-state index in [9.17, 15) is 9.59 Å². The number of carbonyl (C=O) groups is 2. The van der Waals surface area contributed by atoms with E-state index in [1.54, 1.807) is 0 Å². The average Bonchev–Trinajstić information content (AvgIpc) is 3.55. The van der Waals surface area contributed by atoms with E-state index in [4.69, 9.17) is 19.0 Å². The third kappa shape index (κ3) is 9.47. The van der Waals surface area contributed by atoms with Crippen molar-refractivity contribution in [3.05, 3.63) is 0 Å². The molecule has 61 heavy (non-hydrogen) atoms. The number of nitriles is 1. The molecule has 1 saturated heterocycles. The first-order valence-corrected chi connectivity index (χ1v) is 26.2. The quantitative estimate of drug-likeness (QED) is 0.129. The van der Waals surface area contributed by atoms with Crippen LogP contribution in [-0.2, 0) is 18.6 Å². The number of carbonyl (C=O) groups excluding carboxylic acids is 2. The normalized spacial score (nSPS) is 41.0. The number of likely N-dealkylation sites (tertiary alicyclic amines) is 1. The Bertz CT molecular complexity index is 1580. The number of nitrogens with zero attached hydrogens (tertiary/aromatic N) is 3. The van der Waals surface area contributed by atoms with Crippen molar-refractivity contribution in [2.24, 2.45) is 56.2 Å². The molecule has 5 saturated carbocycles. The molecule has 2 amide bonds. The molecule has 6 rings (SSSR count). The van der Waals surface area contributed by atoms with Gasteiger partial charge in [0.1, 0.15) is 6.10 Å². The van der Waals surface area contributed by atoms with Gasteiger partial charge in [0.2, 0.25) is 5.91 Å². The van der Waals surface area contributed by atoms with Crippen molar-refractivity contribution >= 4 is 20.5 Å². The molecule has 6 aliphatic rings. The van der Waals surface area contributed by atoms with Crippen LogP contribution in [0.1, 0.15) is 199 Å². The van der Waals surface area contributed by atoms with Gasteiger partial charge < -0.3 is 24.0 Å². The van der Waals surface area contributed by atoms with Crippen LogP contribution >= 0.6 is 8.53 Å². The summed E-state index contributed by atoms with van der Waals surface area (Å²) in [7, 11) is -1.34. The molecule has 1 aliphatic heterocycles. The fraction of sp³-hybridized carbons (Fsp3) is 0.941. The Labute approximate surface area is 374 Å². The molecule has 1 N–H and O–H groups in total. The molecule has 13 atom stereocenters. The van der Waals surface area contributed by atoms with Crippen LogP contribution in [0.15, 0.2) is 0 Å². The van der Waals surface area contributed by atoms with E-state index in [-0.39, 0.29) is 47.7 Å². The fourth-order valence-electron chi connectivity index (χ4n) is 15.4. The number of ether oxygens (including phenoxy) is 1. The van der Waals surface area contributed by atoms with E-state index in [1.807, 2.05) is 4.90 Å². The predicted molar refractivity (Wildman–Crippen MR) is 247 cm³/mol. The van der Waals surface area contributed by atoms with Gasteiger partial charge in [0.25, 0.3) is 8.53 Å². The number of hydrogen-bond donors (Lipinski definition) is 1. The van der Waals surface area contributed by atoms with E-state index in [2.05, 4.69) is 106 Å². The lowest BCUT2D eigenvalue weighted by molar-refractivity contribution is -0.263. The molecular formula is C51H89N4O5P. The first kappa shape index (κ1) is 49.0. The summed E-state index contributed by atoms with van der Waals surface area (Å²) in [6, 6.07) is 2.74. The van der Waals surface area contributed by atoms with Crippen LogP contribution < -0.4 is 5.32 Å². The van der Waals surface area contributed by atoms with Gasteiger partial charge in [-0.3, -0.25) is 4.79 Å². The predicted octanol–water partition coefficient (Wildman–Crippen LogP) is 12.8. The van der Waals surface area contributed by atoms with Gasteiger partial charge in [0.15, 0.2) is 0 Å². The molecular weight excluding hydrogens is 780 g/mol. The molecule has 0 aromatic carbocycles. The van der Waals surface area contributed by atoms with Gasteiger partial charge in [0, 0.05) is 37.6 Å². The van der Waals surface area contributed by atoms with Crippen molar-refractivity contribution < 1.29 is 23.4 Å². The smallest absolute Gasteiger partial charge is 0.407 e. The molecule has 9 nitrogen and oxygen atoms in total. The summed E-state index contributed by atoms with van der Waals surface area (Å²) in [4.78, 5) is 28.6. The molecule has 0 aromatic heterocycles. The van der Waals surface area contributed by atoms with Gasteiger partial charge in [0.05, 0.1) is 25.2 Å². The fourth-order valence-corrected chi connectivity index (χ4v) is 17.1. The Morgan fingerprint density at radius 1 is 0.820 bits per heavy atom. The minimum absolute atomic E-state index is 0.0435. The molecule has 2 unspecified atom stereocenters. The molecule has 0 radical (unpaired) electrons. The molecule has 0 bridgehead atoms. The number of nitrogens with one attached hydrogen (secondary N) is 1. The van der Waals surface area contributed by atoms with Crippen LogP contribution in [0.5, 0.6) is 0 Å². The molecule has 0 aromatic rings. The largest absolute Gasteiger partial charge is 0.446 e. The molecule has 5 aliphatic carbocycles. The molecule has 6 fully saturated rings. The van der Waals surface area contributed by atoms with Crippen LogP contribution in [0.3, 0.4) is 0 Å². The van der Waals surface area contributed by atoms with Crippen LogP contribution in [0.4, 0.5) is 4.79 Å². The minimum Gasteiger partial charge on any atom is -0.446 e. The zero-order chi connectivity index (χ0) is 44.8. The molecule has 0 spiro atoms. The summed E-state index contributed by atoms with van der Waals surface area (Å²) in [5.74, 6) is 2.76. The lowest BCUT2D eigenvalue weighted by Crippen LogP contribution is -2.68. The second-order valence-electron chi connectivity index (χ2n) is 24.0. The maximum Gasteiger partial charge on any atom is 0.407 e. The summed E-state index contributed by atoms with van der Waals surface area (Å²) < 4.78 is 21.2. The molecule has 348 valence electrons. The van der Waals surface area contributed by atoms with Crippen LogP contribution in [0, 0.1) is 67.5 Å². The first-order valence-electron chi connectivity index (χ1n) is 25.0. The second-order valence-corrected chi connectivity index (χ2v) is 25.4. The van der Waals surface area contributed by atoms with E-state index < -0.39 is 8.53 Å². The van der Waals surface area contributed by atoms with E-state index >= 15 is 0 Å². The highest BCUT2D eigenvalue weighted by Crippen LogP contribution is 2.78. The average molecular weight is 869 g/mol. The lowest BCUT2D eigenvalue weighted by atomic mass is 9.30. The van der Waals surface area contributed by atoms with Crippen molar-refractivity contribution in [3.63, 3.8) is 0 Å². The van der Waals surface area contributed by atoms with Crippen LogP contribution in [0.2, 0.25) is 0 Å². The summed E-state index contributed by atoms with van der Waals surface area (Å²) in [5, 5.41) is 12.1. The number of amides is 2. The Kier molecular flexibility index (Phi) is 15.1. The van der Waals surface area contributed by atoms with E-state index in [1.165, 1.54) is 57.8 Å². The van der Waals surface area contributed by atoms with Gasteiger partial charge >= 0.3 is 6.09 Å². The molecule has 1 heterocycles. The van der Waals surface area contributed by atoms with Crippen molar-refractivity contribution in [1.29, 1.82) is 5.26 Å². The number of hydrogen-bond acceptors (Lipinski definition) is 7. The second kappa shape index (κ2) is 18.8. The summed E-state index contributed by atoms with van der Waals surface area (Å²) in [6.45, 7) is 33.0.